The van der Waals surface area contributed by atoms with Gasteiger partial charge in [0, 0.05) is 30.4 Å². The van der Waals surface area contributed by atoms with E-state index < -0.39 is 0 Å². The molecule has 1 atom stereocenters. The third-order valence-electron chi connectivity index (χ3n) is 5.98. The SMILES string of the molecule is CC[C@H](C)NC(=O)c1ccccc1NC(=O)c1ccc(CN2CCc3ccccc32)cc1. The first kappa shape index (κ1) is 21.6. The van der Waals surface area contributed by atoms with Crippen LogP contribution in [0.4, 0.5) is 11.4 Å². The molecule has 0 saturated heterocycles. The van der Waals surface area contributed by atoms with Gasteiger partial charge in [0.1, 0.15) is 0 Å². The van der Waals surface area contributed by atoms with Gasteiger partial charge in [0.2, 0.25) is 0 Å². The van der Waals surface area contributed by atoms with Gasteiger partial charge in [-0.3, -0.25) is 9.59 Å². The predicted octanol–water partition coefficient (Wildman–Crippen LogP) is 5.03. The zero-order valence-electron chi connectivity index (χ0n) is 18.6. The maximum Gasteiger partial charge on any atom is 0.255 e. The van der Waals surface area contributed by atoms with E-state index >= 15 is 0 Å². The van der Waals surface area contributed by atoms with E-state index in [2.05, 4.69) is 39.8 Å². The average molecular weight is 428 g/mol. The fraction of sp³-hybridized carbons (Fsp3) is 0.259. The number of hydrogen-bond donors (Lipinski definition) is 2. The fourth-order valence-electron chi connectivity index (χ4n) is 3.94. The number of rotatable bonds is 7. The summed E-state index contributed by atoms with van der Waals surface area (Å²) in [5, 5.41) is 5.85. The van der Waals surface area contributed by atoms with E-state index in [1.807, 2.05) is 44.2 Å². The monoisotopic (exact) mass is 427 g/mol. The van der Waals surface area contributed by atoms with Crippen molar-refractivity contribution in [1.29, 1.82) is 0 Å². The van der Waals surface area contributed by atoms with Crippen LogP contribution in [0.3, 0.4) is 0 Å². The molecule has 1 heterocycles. The molecule has 3 aromatic carbocycles. The molecular formula is C27H29N3O2. The van der Waals surface area contributed by atoms with Crippen molar-refractivity contribution in [2.24, 2.45) is 0 Å². The Morgan fingerprint density at radius 1 is 0.938 bits per heavy atom. The van der Waals surface area contributed by atoms with Gasteiger partial charge in [-0.25, -0.2) is 0 Å². The number of anilines is 2. The van der Waals surface area contributed by atoms with Crippen molar-refractivity contribution in [1.82, 2.24) is 5.32 Å². The molecule has 0 unspecified atom stereocenters. The van der Waals surface area contributed by atoms with Crippen LogP contribution in [0.1, 0.15) is 52.1 Å². The Hall–Kier alpha value is -3.60. The Balaban J connectivity index is 1.42. The van der Waals surface area contributed by atoms with Crippen LogP contribution in [0.25, 0.3) is 0 Å². The summed E-state index contributed by atoms with van der Waals surface area (Å²) in [5.74, 6) is -0.414. The lowest BCUT2D eigenvalue weighted by molar-refractivity contribution is 0.0940. The first-order valence-corrected chi connectivity index (χ1v) is 11.2. The second-order valence-corrected chi connectivity index (χ2v) is 8.28. The van der Waals surface area contributed by atoms with E-state index in [0.29, 0.717) is 16.8 Å². The predicted molar refractivity (Wildman–Crippen MR) is 129 cm³/mol. The van der Waals surface area contributed by atoms with Gasteiger partial charge < -0.3 is 15.5 Å². The van der Waals surface area contributed by atoms with Crippen molar-refractivity contribution in [2.45, 2.75) is 39.3 Å². The van der Waals surface area contributed by atoms with Crippen LogP contribution in [0.2, 0.25) is 0 Å². The van der Waals surface area contributed by atoms with Crippen molar-refractivity contribution >= 4 is 23.2 Å². The highest BCUT2D eigenvalue weighted by Crippen LogP contribution is 2.28. The van der Waals surface area contributed by atoms with Gasteiger partial charge in [0.15, 0.2) is 0 Å². The van der Waals surface area contributed by atoms with Crippen molar-refractivity contribution < 1.29 is 9.59 Å². The topological polar surface area (TPSA) is 61.4 Å². The summed E-state index contributed by atoms with van der Waals surface area (Å²) in [7, 11) is 0. The first-order chi connectivity index (χ1) is 15.5. The molecule has 0 bridgehead atoms. The summed E-state index contributed by atoms with van der Waals surface area (Å²) in [6.07, 6.45) is 1.91. The van der Waals surface area contributed by atoms with Crippen LogP contribution in [-0.4, -0.2) is 24.4 Å². The molecule has 0 spiro atoms. The summed E-state index contributed by atoms with van der Waals surface area (Å²) >= 11 is 0. The number of carbonyl (C=O) groups excluding carboxylic acids is 2. The molecule has 5 heteroatoms. The van der Waals surface area contributed by atoms with Gasteiger partial charge in [-0.1, -0.05) is 49.4 Å². The van der Waals surface area contributed by atoms with Crippen LogP contribution in [0.5, 0.6) is 0 Å². The zero-order chi connectivity index (χ0) is 22.5. The smallest absolute Gasteiger partial charge is 0.255 e. The van der Waals surface area contributed by atoms with Gasteiger partial charge in [0.05, 0.1) is 11.3 Å². The molecule has 1 aliphatic heterocycles. The molecule has 32 heavy (non-hydrogen) atoms. The number of benzene rings is 3. The van der Waals surface area contributed by atoms with E-state index in [0.717, 1.165) is 31.5 Å². The van der Waals surface area contributed by atoms with Gasteiger partial charge in [-0.15, -0.1) is 0 Å². The van der Waals surface area contributed by atoms with Gasteiger partial charge in [-0.2, -0.15) is 0 Å². The Morgan fingerprint density at radius 2 is 1.66 bits per heavy atom. The highest BCUT2D eigenvalue weighted by Gasteiger charge is 2.19. The van der Waals surface area contributed by atoms with Gasteiger partial charge in [0.25, 0.3) is 11.8 Å². The highest BCUT2D eigenvalue weighted by molar-refractivity contribution is 6.09. The lowest BCUT2D eigenvalue weighted by atomic mass is 10.1. The van der Waals surface area contributed by atoms with Crippen molar-refractivity contribution in [2.75, 3.05) is 16.8 Å². The molecule has 4 rings (SSSR count). The summed E-state index contributed by atoms with van der Waals surface area (Å²) in [5.41, 5.74) is 5.38. The largest absolute Gasteiger partial charge is 0.367 e. The van der Waals surface area contributed by atoms with Crippen LogP contribution >= 0.6 is 0 Å². The van der Waals surface area contributed by atoms with E-state index in [4.69, 9.17) is 0 Å². The number of fused-ring (bicyclic) bond motifs is 1. The molecule has 0 aromatic heterocycles. The van der Waals surface area contributed by atoms with Crippen LogP contribution < -0.4 is 15.5 Å². The minimum Gasteiger partial charge on any atom is -0.367 e. The minimum atomic E-state index is -0.230. The standard InChI is InChI=1S/C27H29N3O2/c1-3-19(2)28-27(32)23-9-5-6-10-24(23)29-26(31)22-14-12-20(13-15-22)18-30-17-16-21-8-4-7-11-25(21)30/h4-15,19H,3,16-18H2,1-2H3,(H,28,32)(H,29,31)/t19-/m0/s1. The van der Waals surface area contributed by atoms with E-state index in [-0.39, 0.29) is 17.9 Å². The molecule has 5 nitrogen and oxygen atoms in total. The third-order valence-corrected chi connectivity index (χ3v) is 5.98. The fourth-order valence-corrected chi connectivity index (χ4v) is 3.94. The lowest BCUT2D eigenvalue weighted by Gasteiger charge is -2.19. The number of para-hydroxylation sites is 2. The number of nitrogens with one attached hydrogen (secondary N) is 2. The van der Waals surface area contributed by atoms with Crippen LogP contribution in [0, 0.1) is 0 Å². The molecule has 2 N–H and O–H groups in total. The summed E-state index contributed by atoms with van der Waals surface area (Å²) in [4.78, 5) is 27.8. The Kier molecular flexibility index (Phi) is 6.55. The van der Waals surface area contributed by atoms with Crippen LogP contribution in [0.15, 0.2) is 72.8 Å². The molecule has 0 aliphatic carbocycles. The maximum atomic E-state index is 12.8. The molecule has 1 aliphatic rings. The minimum absolute atomic E-state index is 0.0707. The van der Waals surface area contributed by atoms with E-state index in [1.165, 1.54) is 11.3 Å². The average Bonchev–Trinajstić information content (AvgIpc) is 3.22. The molecule has 164 valence electrons. The summed E-state index contributed by atoms with van der Waals surface area (Å²) in [6.45, 7) is 5.81. The second kappa shape index (κ2) is 9.69. The molecule has 0 fully saturated rings. The maximum absolute atomic E-state index is 12.8. The highest BCUT2D eigenvalue weighted by atomic mass is 16.2. The zero-order valence-corrected chi connectivity index (χ0v) is 18.6. The van der Waals surface area contributed by atoms with Crippen molar-refractivity contribution in [3.8, 4) is 0 Å². The molecule has 0 radical (unpaired) electrons. The number of carbonyl (C=O) groups is 2. The normalized spacial score (nSPS) is 13.4. The summed E-state index contributed by atoms with van der Waals surface area (Å²) < 4.78 is 0. The van der Waals surface area contributed by atoms with E-state index in [9.17, 15) is 9.59 Å². The molecule has 2 amide bonds. The number of hydrogen-bond acceptors (Lipinski definition) is 3. The number of amides is 2. The Bertz CT molecular complexity index is 1110. The van der Waals surface area contributed by atoms with Gasteiger partial charge >= 0.3 is 0 Å². The summed E-state index contributed by atoms with van der Waals surface area (Å²) in [6, 6.07) is 23.3. The Morgan fingerprint density at radius 3 is 2.44 bits per heavy atom. The van der Waals surface area contributed by atoms with Crippen LogP contribution in [-0.2, 0) is 13.0 Å². The van der Waals surface area contributed by atoms with Crippen molar-refractivity contribution in [3.05, 3.63) is 95.1 Å². The third kappa shape index (κ3) is 4.83. The van der Waals surface area contributed by atoms with E-state index in [1.54, 1.807) is 18.2 Å². The molecule has 3 aromatic rings. The molecular weight excluding hydrogens is 398 g/mol. The first-order valence-electron chi connectivity index (χ1n) is 11.2. The quantitative estimate of drug-likeness (QED) is 0.556. The Labute approximate surface area is 189 Å². The lowest BCUT2D eigenvalue weighted by Crippen LogP contribution is -2.32. The van der Waals surface area contributed by atoms with Gasteiger partial charge in [-0.05, 0) is 61.2 Å². The second-order valence-electron chi connectivity index (χ2n) is 8.28. The molecule has 0 saturated carbocycles. The number of nitrogens with zero attached hydrogens (tertiary/aromatic N) is 1. The van der Waals surface area contributed by atoms with Crippen molar-refractivity contribution in [3.63, 3.8) is 0 Å².